The van der Waals surface area contributed by atoms with Crippen molar-refractivity contribution < 1.29 is 22.8 Å². The Morgan fingerprint density at radius 2 is 1.77 bits per heavy atom. The highest BCUT2D eigenvalue weighted by atomic mass is 19.4. The highest BCUT2D eigenvalue weighted by molar-refractivity contribution is 6.10. The number of benzene rings is 2. The number of nitrogens with one attached hydrogen (secondary N) is 2. The van der Waals surface area contributed by atoms with Crippen LogP contribution in [0.4, 0.5) is 18.9 Å². The molecule has 2 aliphatic rings. The van der Waals surface area contributed by atoms with E-state index in [1.165, 1.54) is 43.9 Å². The Kier molecular flexibility index (Phi) is 7.98. The molecule has 2 N–H and O–H groups in total. The van der Waals surface area contributed by atoms with E-state index < -0.39 is 30.1 Å². The number of carbonyl (C=O) groups is 2. The van der Waals surface area contributed by atoms with Crippen molar-refractivity contribution in [1.82, 2.24) is 15.2 Å². The molecule has 1 saturated heterocycles. The van der Waals surface area contributed by atoms with Crippen molar-refractivity contribution >= 4 is 28.4 Å². The molecule has 0 unspecified atom stereocenters. The number of para-hydroxylation sites is 1. The fraction of sp³-hybridized carbons (Fsp3) is 0.467. The number of aromatic nitrogens is 1. The van der Waals surface area contributed by atoms with E-state index in [0.717, 1.165) is 47.8 Å². The van der Waals surface area contributed by atoms with Crippen molar-refractivity contribution in [1.29, 1.82) is 0 Å². The Bertz CT molecular complexity index is 1320. The molecule has 2 fully saturated rings. The van der Waals surface area contributed by atoms with Crippen LogP contribution in [0.2, 0.25) is 0 Å². The Morgan fingerprint density at radius 1 is 1.05 bits per heavy atom. The van der Waals surface area contributed by atoms with E-state index in [0.29, 0.717) is 24.0 Å². The number of likely N-dealkylation sites (tertiary alicyclic amines) is 1. The molecule has 1 aliphatic heterocycles. The van der Waals surface area contributed by atoms with Gasteiger partial charge in [0.15, 0.2) is 0 Å². The molecular weight excluding hydrogens is 505 g/mol. The predicted molar refractivity (Wildman–Crippen MR) is 146 cm³/mol. The number of fused-ring (bicyclic) bond motifs is 1. The molecule has 5 rings (SSSR count). The second-order valence-electron chi connectivity index (χ2n) is 10.9. The van der Waals surface area contributed by atoms with Gasteiger partial charge in [-0.3, -0.25) is 14.5 Å². The van der Waals surface area contributed by atoms with Crippen LogP contribution in [0, 0.1) is 12.8 Å². The molecule has 1 aliphatic carbocycles. The van der Waals surface area contributed by atoms with E-state index in [1.807, 2.05) is 6.92 Å². The molecule has 0 spiro atoms. The summed E-state index contributed by atoms with van der Waals surface area (Å²) in [5.74, 6) is -0.826. The number of hydrogen-bond acceptors (Lipinski definition) is 3. The fourth-order valence-electron chi connectivity index (χ4n) is 6.02. The number of aryl methyl sites for hydroxylation is 1. The van der Waals surface area contributed by atoms with Crippen LogP contribution < -0.4 is 10.2 Å². The summed E-state index contributed by atoms with van der Waals surface area (Å²) in [6, 6.07) is 10.5. The maximum absolute atomic E-state index is 13.9. The van der Waals surface area contributed by atoms with E-state index in [1.54, 1.807) is 24.4 Å². The summed E-state index contributed by atoms with van der Waals surface area (Å²) in [7, 11) is 0. The number of alkyl halides is 3. The van der Waals surface area contributed by atoms with E-state index >= 15 is 0 Å². The molecule has 9 heteroatoms. The standard InChI is InChI=1S/C30H35F3N4O2/c1-20-17-34-26-16-22(10-11-24(20)26)29(39)37(27-9-5-4-8-25(27)30(31,32)33)19-28(38)35-18-21-12-14-36(15-13-21)23-6-2-3-7-23/h4-5,8-11,16-17,21,23,34H,2-3,6-7,12-15,18-19H2,1H3,(H,35,38). The third kappa shape index (κ3) is 6.13. The lowest BCUT2D eigenvalue weighted by Gasteiger charge is -2.36. The molecule has 0 radical (unpaired) electrons. The first-order chi connectivity index (χ1) is 18.7. The Hall–Kier alpha value is -3.33. The quantitative estimate of drug-likeness (QED) is 0.391. The molecule has 2 aromatic carbocycles. The monoisotopic (exact) mass is 540 g/mol. The Balaban J connectivity index is 1.31. The number of aromatic amines is 1. The number of hydrogen-bond donors (Lipinski definition) is 2. The highest BCUT2D eigenvalue weighted by Gasteiger charge is 2.36. The van der Waals surface area contributed by atoms with Gasteiger partial charge >= 0.3 is 6.18 Å². The molecular formula is C30H35F3N4O2. The third-order valence-electron chi connectivity index (χ3n) is 8.26. The minimum atomic E-state index is -4.68. The van der Waals surface area contributed by atoms with Crippen molar-refractivity contribution in [2.24, 2.45) is 5.92 Å². The molecule has 39 heavy (non-hydrogen) atoms. The summed E-state index contributed by atoms with van der Waals surface area (Å²) < 4.78 is 41.7. The molecule has 3 aromatic rings. The molecule has 1 aromatic heterocycles. The van der Waals surface area contributed by atoms with E-state index in [9.17, 15) is 22.8 Å². The zero-order chi connectivity index (χ0) is 27.6. The van der Waals surface area contributed by atoms with Gasteiger partial charge in [0, 0.05) is 35.2 Å². The van der Waals surface area contributed by atoms with Crippen LogP contribution in [0.15, 0.2) is 48.7 Å². The lowest BCUT2D eigenvalue weighted by Crippen LogP contribution is -2.45. The number of H-pyrrole nitrogens is 1. The maximum atomic E-state index is 13.9. The van der Waals surface area contributed by atoms with Crippen LogP contribution in [0.1, 0.15) is 60.0 Å². The third-order valence-corrected chi connectivity index (χ3v) is 8.26. The van der Waals surface area contributed by atoms with Crippen LogP contribution in [-0.4, -0.2) is 53.9 Å². The first kappa shape index (κ1) is 27.2. The predicted octanol–water partition coefficient (Wildman–Crippen LogP) is 5.91. The second kappa shape index (κ2) is 11.4. The van der Waals surface area contributed by atoms with Gasteiger partial charge in [-0.05, 0) is 81.4 Å². The van der Waals surface area contributed by atoms with Gasteiger partial charge in [-0.15, -0.1) is 0 Å². The fourth-order valence-corrected chi connectivity index (χ4v) is 6.02. The van der Waals surface area contributed by atoms with Crippen molar-refractivity contribution in [2.75, 3.05) is 31.1 Å². The molecule has 2 amide bonds. The summed E-state index contributed by atoms with van der Waals surface area (Å²) >= 11 is 0. The average Bonchev–Trinajstić information content (AvgIpc) is 3.60. The summed E-state index contributed by atoms with van der Waals surface area (Å²) in [5, 5.41) is 3.82. The molecule has 1 saturated carbocycles. The van der Waals surface area contributed by atoms with Gasteiger partial charge in [0.1, 0.15) is 6.54 Å². The van der Waals surface area contributed by atoms with Crippen LogP contribution in [0.3, 0.4) is 0 Å². The Labute approximate surface area is 226 Å². The van der Waals surface area contributed by atoms with Crippen molar-refractivity contribution in [3.8, 4) is 0 Å². The van der Waals surface area contributed by atoms with Crippen LogP contribution in [-0.2, 0) is 11.0 Å². The summed E-state index contributed by atoms with van der Waals surface area (Å²) in [5.41, 5.74) is 0.612. The minimum Gasteiger partial charge on any atom is -0.361 e. The van der Waals surface area contributed by atoms with Gasteiger partial charge < -0.3 is 15.2 Å². The summed E-state index contributed by atoms with van der Waals surface area (Å²) in [4.78, 5) is 33.3. The summed E-state index contributed by atoms with van der Waals surface area (Å²) in [6.45, 7) is 3.89. The number of amides is 2. The minimum absolute atomic E-state index is 0.202. The van der Waals surface area contributed by atoms with Gasteiger partial charge in [-0.25, -0.2) is 0 Å². The van der Waals surface area contributed by atoms with E-state index in [-0.39, 0.29) is 11.3 Å². The van der Waals surface area contributed by atoms with Crippen LogP contribution in [0.5, 0.6) is 0 Å². The maximum Gasteiger partial charge on any atom is 0.418 e. The van der Waals surface area contributed by atoms with Crippen molar-refractivity contribution in [3.63, 3.8) is 0 Å². The lowest BCUT2D eigenvalue weighted by molar-refractivity contribution is -0.137. The number of carbonyl (C=O) groups excluding carboxylic acids is 2. The van der Waals surface area contributed by atoms with Gasteiger partial charge in [0.25, 0.3) is 5.91 Å². The molecule has 2 heterocycles. The number of rotatable bonds is 7. The zero-order valence-electron chi connectivity index (χ0n) is 22.2. The lowest BCUT2D eigenvalue weighted by atomic mass is 9.95. The second-order valence-corrected chi connectivity index (χ2v) is 10.9. The largest absolute Gasteiger partial charge is 0.418 e. The molecule has 6 nitrogen and oxygen atoms in total. The van der Waals surface area contributed by atoms with Crippen LogP contribution in [0.25, 0.3) is 10.9 Å². The first-order valence-electron chi connectivity index (χ1n) is 13.8. The Morgan fingerprint density at radius 3 is 2.49 bits per heavy atom. The number of piperidine rings is 1. The van der Waals surface area contributed by atoms with Crippen molar-refractivity contribution in [2.45, 2.75) is 57.7 Å². The number of halogens is 3. The van der Waals surface area contributed by atoms with Gasteiger partial charge in [-0.1, -0.05) is 31.0 Å². The van der Waals surface area contributed by atoms with Crippen molar-refractivity contribution in [3.05, 3.63) is 65.4 Å². The van der Waals surface area contributed by atoms with Gasteiger partial charge in [0.05, 0.1) is 11.3 Å². The highest BCUT2D eigenvalue weighted by Crippen LogP contribution is 2.37. The summed E-state index contributed by atoms with van der Waals surface area (Å²) in [6.07, 6.45) is 4.21. The topological polar surface area (TPSA) is 68.4 Å². The van der Waals surface area contributed by atoms with Gasteiger partial charge in [0.2, 0.25) is 5.91 Å². The molecule has 0 atom stereocenters. The number of nitrogens with zero attached hydrogens (tertiary/aromatic N) is 2. The number of anilines is 1. The van der Waals surface area contributed by atoms with Gasteiger partial charge in [-0.2, -0.15) is 13.2 Å². The normalized spacial score (nSPS) is 17.5. The van der Waals surface area contributed by atoms with Crippen LogP contribution >= 0.6 is 0 Å². The SMILES string of the molecule is Cc1c[nH]c2cc(C(=O)N(CC(=O)NCC3CCN(C4CCCC4)CC3)c3ccccc3C(F)(F)F)ccc12. The molecule has 0 bridgehead atoms. The van der Waals surface area contributed by atoms with E-state index in [2.05, 4.69) is 15.2 Å². The first-order valence-corrected chi connectivity index (χ1v) is 13.8. The van der Waals surface area contributed by atoms with E-state index in [4.69, 9.17) is 0 Å². The molecule has 208 valence electrons. The average molecular weight is 541 g/mol. The smallest absolute Gasteiger partial charge is 0.361 e. The zero-order valence-corrected chi connectivity index (χ0v) is 22.2.